The van der Waals surface area contributed by atoms with Gasteiger partial charge in [0.2, 0.25) is 0 Å². The molecular weight excluding hydrogens is 160 g/mol. The van der Waals surface area contributed by atoms with Crippen molar-refractivity contribution in [2.75, 3.05) is 0 Å². The molecule has 1 atom stereocenters. The molecule has 0 fully saturated rings. The molecular formula is C6H10N4S. The second-order valence-corrected chi connectivity index (χ2v) is 2.89. The zero-order valence-corrected chi connectivity index (χ0v) is 7.08. The van der Waals surface area contributed by atoms with Crippen LogP contribution in [0.1, 0.15) is 6.92 Å². The largest absolute Gasteiger partial charge is 0.393 e. The van der Waals surface area contributed by atoms with Crippen LogP contribution in [0.4, 0.5) is 0 Å². The van der Waals surface area contributed by atoms with Crippen LogP contribution in [0, 0.1) is 5.92 Å². The van der Waals surface area contributed by atoms with Crippen LogP contribution in [0.15, 0.2) is 12.7 Å². The zero-order valence-electron chi connectivity index (χ0n) is 6.27. The van der Waals surface area contributed by atoms with Crippen LogP contribution in [0.25, 0.3) is 0 Å². The zero-order chi connectivity index (χ0) is 8.27. The Morgan fingerprint density at radius 2 is 2.55 bits per heavy atom. The Morgan fingerprint density at radius 1 is 1.82 bits per heavy atom. The van der Waals surface area contributed by atoms with E-state index in [2.05, 4.69) is 10.1 Å². The van der Waals surface area contributed by atoms with Crippen molar-refractivity contribution in [3.8, 4) is 0 Å². The van der Waals surface area contributed by atoms with Gasteiger partial charge in [0.05, 0.1) is 11.5 Å². The smallest absolute Gasteiger partial charge is 0.137 e. The van der Waals surface area contributed by atoms with Crippen molar-refractivity contribution in [3.05, 3.63) is 12.7 Å². The third-order valence-electron chi connectivity index (χ3n) is 1.41. The Hall–Kier alpha value is -0.970. The van der Waals surface area contributed by atoms with Crippen molar-refractivity contribution in [2.24, 2.45) is 11.7 Å². The van der Waals surface area contributed by atoms with Crippen molar-refractivity contribution >= 4 is 17.2 Å². The summed E-state index contributed by atoms with van der Waals surface area (Å²) in [5.74, 6) is 0.173. The standard InChI is InChI=1S/C6H10N4S/c1-5(6(7)11)2-10-4-8-3-9-10/h3-5H,2H2,1H3,(H2,7,11)/t5-/m1/s1. The number of hydrogen-bond acceptors (Lipinski definition) is 3. The quantitative estimate of drug-likeness (QED) is 0.658. The molecule has 0 saturated heterocycles. The van der Waals surface area contributed by atoms with Gasteiger partial charge in [-0.3, -0.25) is 4.68 Å². The van der Waals surface area contributed by atoms with Crippen LogP contribution < -0.4 is 5.73 Å². The number of nitrogens with two attached hydrogens (primary N) is 1. The van der Waals surface area contributed by atoms with Crippen molar-refractivity contribution in [2.45, 2.75) is 13.5 Å². The first-order valence-electron chi connectivity index (χ1n) is 3.32. The first kappa shape index (κ1) is 8.13. The molecule has 0 aromatic carbocycles. The minimum absolute atomic E-state index is 0.173. The molecule has 0 unspecified atom stereocenters. The molecule has 0 aliphatic rings. The van der Waals surface area contributed by atoms with Gasteiger partial charge in [-0.1, -0.05) is 19.1 Å². The lowest BCUT2D eigenvalue weighted by molar-refractivity contribution is 0.541. The minimum Gasteiger partial charge on any atom is -0.393 e. The van der Waals surface area contributed by atoms with Gasteiger partial charge in [-0.15, -0.1) is 0 Å². The molecule has 0 aliphatic carbocycles. The third kappa shape index (κ3) is 2.27. The fraction of sp³-hybridized carbons (Fsp3) is 0.500. The Balaban J connectivity index is 2.50. The second kappa shape index (κ2) is 3.43. The fourth-order valence-corrected chi connectivity index (χ4v) is 0.772. The predicted molar refractivity (Wildman–Crippen MR) is 46.0 cm³/mol. The Bertz CT molecular complexity index is 231. The van der Waals surface area contributed by atoms with Gasteiger partial charge in [-0.25, -0.2) is 4.98 Å². The molecule has 0 bridgehead atoms. The van der Waals surface area contributed by atoms with Crippen LogP contribution in [-0.4, -0.2) is 19.8 Å². The lowest BCUT2D eigenvalue weighted by Crippen LogP contribution is -2.23. The first-order chi connectivity index (χ1) is 5.20. The third-order valence-corrected chi connectivity index (χ3v) is 1.82. The van der Waals surface area contributed by atoms with Gasteiger partial charge < -0.3 is 5.73 Å². The summed E-state index contributed by atoms with van der Waals surface area (Å²) in [5, 5.41) is 3.93. The van der Waals surface area contributed by atoms with E-state index in [1.807, 2.05) is 6.92 Å². The van der Waals surface area contributed by atoms with E-state index in [1.165, 1.54) is 6.33 Å². The second-order valence-electron chi connectivity index (χ2n) is 2.42. The summed E-state index contributed by atoms with van der Waals surface area (Å²) < 4.78 is 1.71. The molecule has 4 nitrogen and oxygen atoms in total. The van der Waals surface area contributed by atoms with Crippen LogP contribution >= 0.6 is 12.2 Å². The van der Waals surface area contributed by atoms with Crippen molar-refractivity contribution in [1.29, 1.82) is 0 Å². The summed E-state index contributed by atoms with van der Waals surface area (Å²) in [7, 11) is 0. The predicted octanol–water partition coefficient (Wildman–Crippen LogP) is 0.200. The van der Waals surface area contributed by atoms with E-state index in [9.17, 15) is 0 Å². The number of rotatable bonds is 3. The van der Waals surface area contributed by atoms with E-state index in [0.717, 1.165) is 0 Å². The van der Waals surface area contributed by atoms with E-state index in [4.69, 9.17) is 18.0 Å². The molecule has 0 spiro atoms. The topological polar surface area (TPSA) is 56.7 Å². The lowest BCUT2D eigenvalue weighted by atomic mass is 10.2. The summed E-state index contributed by atoms with van der Waals surface area (Å²) >= 11 is 4.81. The van der Waals surface area contributed by atoms with Gasteiger partial charge in [0.1, 0.15) is 12.7 Å². The Morgan fingerprint density at radius 3 is 3.00 bits per heavy atom. The normalized spacial score (nSPS) is 12.8. The monoisotopic (exact) mass is 170 g/mol. The molecule has 1 rings (SSSR count). The molecule has 0 amide bonds. The van der Waals surface area contributed by atoms with Crippen molar-refractivity contribution < 1.29 is 0 Å². The summed E-state index contributed by atoms with van der Waals surface area (Å²) in [5.41, 5.74) is 5.42. The van der Waals surface area contributed by atoms with Gasteiger partial charge >= 0.3 is 0 Å². The van der Waals surface area contributed by atoms with Crippen LogP contribution in [-0.2, 0) is 6.54 Å². The average Bonchev–Trinajstić information content (AvgIpc) is 2.39. The van der Waals surface area contributed by atoms with Crippen molar-refractivity contribution in [3.63, 3.8) is 0 Å². The molecule has 0 saturated carbocycles. The van der Waals surface area contributed by atoms with E-state index in [1.54, 1.807) is 11.0 Å². The average molecular weight is 170 g/mol. The van der Waals surface area contributed by atoms with Gasteiger partial charge in [0.15, 0.2) is 0 Å². The molecule has 1 aromatic rings. The van der Waals surface area contributed by atoms with E-state index >= 15 is 0 Å². The molecule has 1 heterocycles. The number of aromatic nitrogens is 3. The Kier molecular flexibility index (Phi) is 2.53. The minimum atomic E-state index is 0.173. The van der Waals surface area contributed by atoms with Crippen LogP contribution in [0.5, 0.6) is 0 Å². The number of nitrogens with zero attached hydrogens (tertiary/aromatic N) is 3. The van der Waals surface area contributed by atoms with Crippen molar-refractivity contribution in [1.82, 2.24) is 14.8 Å². The molecule has 1 aromatic heterocycles. The lowest BCUT2D eigenvalue weighted by Gasteiger charge is -2.07. The van der Waals surface area contributed by atoms with Gasteiger partial charge in [-0.2, -0.15) is 5.10 Å². The molecule has 0 aliphatic heterocycles. The van der Waals surface area contributed by atoms with E-state index in [0.29, 0.717) is 11.5 Å². The fourth-order valence-electron chi connectivity index (χ4n) is 0.698. The van der Waals surface area contributed by atoms with Gasteiger partial charge in [0, 0.05) is 5.92 Å². The maximum atomic E-state index is 5.42. The molecule has 5 heteroatoms. The van der Waals surface area contributed by atoms with Gasteiger partial charge in [-0.05, 0) is 0 Å². The number of hydrogen-bond donors (Lipinski definition) is 1. The molecule has 60 valence electrons. The molecule has 2 N–H and O–H groups in total. The van der Waals surface area contributed by atoms with Crippen LogP contribution in [0.2, 0.25) is 0 Å². The highest BCUT2D eigenvalue weighted by atomic mass is 32.1. The maximum absolute atomic E-state index is 5.42. The highest BCUT2D eigenvalue weighted by Crippen LogP contribution is 1.97. The molecule has 11 heavy (non-hydrogen) atoms. The first-order valence-corrected chi connectivity index (χ1v) is 3.72. The summed E-state index contributed by atoms with van der Waals surface area (Å²) in [6.07, 6.45) is 3.14. The summed E-state index contributed by atoms with van der Waals surface area (Å²) in [6.45, 7) is 2.67. The number of thiocarbonyl (C=S) groups is 1. The summed E-state index contributed by atoms with van der Waals surface area (Å²) in [4.78, 5) is 4.32. The van der Waals surface area contributed by atoms with E-state index < -0.39 is 0 Å². The SMILES string of the molecule is C[C@H](Cn1cncn1)C(N)=S. The molecule has 0 radical (unpaired) electrons. The Labute approximate surface area is 70.4 Å². The van der Waals surface area contributed by atoms with Gasteiger partial charge in [0.25, 0.3) is 0 Å². The van der Waals surface area contributed by atoms with E-state index in [-0.39, 0.29) is 5.92 Å². The summed E-state index contributed by atoms with van der Waals surface area (Å²) in [6, 6.07) is 0. The maximum Gasteiger partial charge on any atom is 0.137 e. The highest BCUT2D eigenvalue weighted by molar-refractivity contribution is 7.80. The van der Waals surface area contributed by atoms with Crippen LogP contribution in [0.3, 0.4) is 0 Å². The highest BCUT2D eigenvalue weighted by Gasteiger charge is 2.05.